The molecule has 0 aliphatic heterocycles. The number of aliphatic hydroxyl groups excluding tert-OH is 1. The Balaban J connectivity index is 3.11. The first-order chi connectivity index (χ1) is 6.18. The van der Waals surface area contributed by atoms with Crippen molar-refractivity contribution >= 4 is 27.6 Å². The van der Waals surface area contributed by atoms with Crippen molar-refractivity contribution in [1.29, 1.82) is 0 Å². The van der Waals surface area contributed by atoms with E-state index in [0.29, 0.717) is 0 Å². The zero-order chi connectivity index (χ0) is 10.1. The number of hydrogen-bond donors (Lipinski definition) is 2. The lowest BCUT2D eigenvalue weighted by Crippen LogP contribution is -2.13. The lowest BCUT2D eigenvalue weighted by atomic mass is 10.2. The Morgan fingerprint density at radius 3 is 2.62 bits per heavy atom. The van der Waals surface area contributed by atoms with Gasteiger partial charge in [-0.2, -0.15) is 0 Å². The molecule has 0 saturated carbocycles. The van der Waals surface area contributed by atoms with E-state index < -0.39 is 11.4 Å². The summed E-state index contributed by atoms with van der Waals surface area (Å²) in [6.45, 7) is 2.15. The van der Waals surface area contributed by atoms with Gasteiger partial charge in [0.2, 0.25) is 5.44 Å². The monoisotopic (exact) mass is 224 g/mol. The van der Waals surface area contributed by atoms with Gasteiger partial charge in [-0.15, -0.1) is 0 Å². The molecule has 1 unspecified atom stereocenters. The highest BCUT2D eigenvalue weighted by Gasteiger charge is 2.12. The van der Waals surface area contributed by atoms with Crippen molar-refractivity contribution in [1.82, 2.24) is 0 Å². The fraction of sp³-hybridized carbons (Fsp3) is 0.875. The van der Waals surface area contributed by atoms with Crippen LogP contribution in [0.2, 0.25) is 0 Å². The van der Waals surface area contributed by atoms with Crippen molar-refractivity contribution in [2.45, 2.75) is 38.0 Å². The summed E-state index contributed by atoms with van der Waals surface area (Å²) in [5.41, 5.74) is -1.28. The van der Waals surface area contributed by atoms with E-state index in [2.05, 4.69) is 6.92 Å². The van der Waals surface area contributed by atoms with Gasteiger partial charge < -0.3 is 10.2 Å². The molecule has 0 aliphatic rings. The molecule has 2 N–H and O–H groups in total. The molecule has 0 saturated heterocycles. The zero-order valence-electron chi connectivity index (χ0n) is 7.73. The second-order valence-corrected chi connectivity index (χ2v) is 5.24. The summed E-state index contributed by atoms with van der Waals surface area (Å²) < 4.78 is 0. The summed E-state index contributed by atoms with van der Waals surface area (Å²) in [6, 6.07) is 0. The van der Waals surface area contributed by atoms with E-state index in [0.717, 1.165) is 23.0 Å². The minimum atomic E-state index is -1.28. The average Bonchev–Trinajstić information content (AvgIpc) is 2.10. The van der Waals surface area contributed by atoms with Crippen molar-refractivity contribution in [2.24, 2.45) is 0 Å². The van der Waals surface area contributed by atoms with Gasteiger partial charge in [-0.25, -0.2) is 4.79 Å². The molecule has 0 aromatic rings. The van der Waals surface area contributed by atoms with E-state index >= 15 is 0 Å². The first kappa shape index (κ1) is 13.1. The molecule has 0 radical (unpaired) electrons. The van der Waals surface area contributed by atoms with Crippen LogP contribution in [0.4, 0.5) is 0 Å². The third-order valence-corrected chi connectivity index (χ3v) is 3.88. The van der Waals surface area contributed by atoms with Gasteiger partial charge in [0.1, 0.15) is 0 Å². The van der Waals surface area contributed by atoms with Crippen LogP contribution < -0.4 is 0 Å². The normalized spacial score (nSPS) is 12.8. The summed E-state index contributed by atoms with van der Waals surface area (Å²) in [7, 11) is 2.44. The van der Waals surface area contributed by atoms with Crippen LogP contribution in [0.5, 0.6) is 0 Å². The smallest absolute Gasteiger partial charge is 0.344 e. The first-order valence-electron chi connectivity index (χ1n) is 4.37. The molecular weight excluding hydrogens is 208 g/mol. The molecule has 13 heavy (non-hydrogen) atoms. The predicted molar refractivity (Wildman–Crippen MR) is 57.8 cm³/mol. The van der Waals surface area contributed by atoms with Gasteiger partial charge in [-0.3, -0.25) is 0 Å². The second-order valence-electron chi connectivity index (χ2n) is 2.67. The van der Waals surface area contributed by atoms with Crippen LogP contribution in [0, 0.1) is 0 Å². The van der Waals surface area contributed by atoms with Crippen molar-refractivity contribution in [2.75, 3.05) is 5.75 Å². The number of carbonyl (C=O) groups is 1. The molecule has 0 heterocycles. The molecule has 0 fully saturated rings. The molecule has 0 aliphatic carbocycles. The zero-order valence-corrected chi connectivity index (χ0v) is 9.37. The third-order valence-electron chi connectivity index (χ3n) is 1.45. The average molecular weight is 224 g/mol. The van der Waals surface area contributed by atoms with Crippen LogP contribution in [0.1, 0.15) is 32.6 Å². The number of carboxylic acid groups (broad SMARTS) is 1. The van der Waals surface area contributed by atoms with Crippen LogP contribution in [-0.2, 0) is 4.79 Å². The van der Waals surface area contributed by atoms with E-state index in [1.807, 2.05) is 0 Å². The molecule has 0 rings (SSSR count). The van der Waals surface area contributed by atoms with Crippen molar-refractivity contribution in [3.05, 3.63) is 0 Å². The number of hydrogen-bond acceptors (Lipinski definition) is 4. The summed E-state index contributed by atoms with van der Waals surface area (Å²) in [5.74, 6) is -0.249. The largest absolute Gasteiger partial charge is 0.479 e. The quantitative estimate of drug-likeness (QED) is 0.376. The van der Waals surface area contributed by atoms with E-state index in [4.69, 9.17) is 10.2 Å². The lowest BCUT2D eigenvalue weighted by Gasteiger charge is -2.03. The number of carboxylic acids is 1. The highest BCUT2D eigenvalue weighted by molar-refractivity contribution is 8.77. The maximum atomic E-state index is 10.2. The van der Waals surface area contributed by atoms with E-state index in [1.165, 1.54) is 30.1 Å². The second kappa shape index (κ2) is 8.72. The highest BCUT2D eigenvalue weighted by atomic mass is 33.1. The molecule has 1 atom stereocenters. The molecule has 78 valence electrons. The lowest BCUT2D eigenvalue weighted by molar-refractivity contribution is -0.141. The fourth-order valence-corrected chi connectivity index (χ4v) is 2.65. The van der Waals surface area contributed by atoms with Crippen molar-refractivity contribution < 1.29 is 15.0 Å². The Hall–Kier alpha value is 0.130. The number of rotatable bonds is 8. The summed E-state index contributed by atoms with van der Waals surface area (Å²) in [6.07, 6.45) is 4.72. The minimum absolute atomic E-state index is 0.912. The molecule has 0 bridgehead atoms. The van der Waals surface area contributed by atoms with E-state index in [9.17, 15) is 4.79 Å². The van der Waals surface area contributed by atoms with Crippen LogP contribution >= 0.6 is 21.6 Å². The summed E-state index contributed by atoms with van der Waals surface area (Å²) in [4.78, 5) is 10.2. The minimum Gasteiger partial charge on any atom is -0.479 e. The van der Waals surface area contributed by atoms with Crippen LogP contribution in [-0.4, -0.2) is 27.4 Å². The topological polar surface area (TPSA) is 57.5 Å². The number of unbranched alkanes of at least 4 members (excludes halogenated alkanes) is 3. The summed E-state index contributed by atoms with van der Waals surface area (Å²) in [5, 5.41) is 17.2. The maximum absolute atomic E-state index is 10.2. The molecule has 3 nitrogen and oxygen atoms in total. The standard InChI is InChI=1S/C8H16O3S2/c1-2-3-4-5-6-12-13-8(11)7(9)10/h8,11H,2-6H2,1H3,(H,9,10). The Morgan fingerprint density at radius 1 is 1.38 bits per heavy atom. The molecule has 0 spiro atoms. The Bertz CT molecular complexity index is 141. The summed E-state index contributed by atoms with van der Waals surface area (Å²) >= 11 is 0. The highest BCUT2D eigenvalue weighted by Crippen LogP contribution is 2.26. The Kier molecular flexibility index (Phi) is 8.80. The van der Waals surface area contributed by atoms with Gasteiger partial charge in [0, 0.05) is 5.75 Å². The van der Waals surface area contributed by atoms with Gasteiger partial charge in [-0.05, 0) is 6.42 Å². The van der Waals surface area contributed by atoms with E-state index in [-0.39, 0.29) is 0 Å². The van der Waals surface area contributed by atoms with Crippen LogP contribution in [0.15, 0.2) is 0 Å². The van der Waals surface area contributed by atoms with Gasteiger partial charge in [0.25, 0.3) is 0 Å². The number of aliphatic carboxylic acids is 1. The van der Waals surface area contributed by atoms with Gasteiger partial charge in [0.05, 0.1) is 0 Å². The molecule has 0 aromatic heterocycles. The van der Waals surface area contributed by atoms with Gasteiger partial charge >= 0.3 is 5.97 Å². The third kappa shape index (κ3) is 8.46. The predicted octanol–water partition coefficient (Wildman–Crippen LogP) is 2.35. The van der Waals surface area contributed by atoms with Crippen LogP contribution in [0.3, 0.4) is 0 Å². The first-order valence-corrected chi connectivity index (χ1v) is 6.75. The van der Waals surface area contributed by atoms with Crippen LogP contribution in [0.25, 0.3) is 0 Å². The van der Waals surface area contributed by atoms with E-state index in [1.54, 1.807) is 0 Å². The number of aliphatic hydroxyl groups is 1. The maximum Gasteiger partial charge on any atom is 0.344 e. The molecule has 0 aromatic carbocycles. The Morgan fingerprint density at radius 2 is 2.08 bits per heavy atom. The van der Waals surface area contributed by atoms with Gasteiger partial charge in [0.15, 0.2) is 0 Å². The molecule has 5 heteroatoms. The Labute approximate surface area is 86.7 Å². The molecular formula is C8H16O3S2. The SMILES string of the molecule is CCCCCCSSC(O)C(=O)O. The fourth-order valence-electron chi connectivity index (χ4n) is 0.741. The van der Waals surface area contributed by atoms with Crippen molar-refractivity contribution in [3.63, 3.8) is 0 Å². The molecule has 0 amide bonds. The van der Waals surface area contributed by atoms with Crippen molar-refractivity contribution in [3.8, 4) is 0 Å². The van der Waals surface area contributed by atoms with Gasteiger partial charge in [-0.1, -0.05) is 47.8 Å².